The number of hydrogen-bond acceptors (Lipinski definition) is 1. The zero-order valence-corrected chi connectivity index (χ0v) is 8.90. The van der Waals surface area contributed by atoms with Crippen LogP contribution >= 0.6 is 0 Å². The smallest absolute Gasteiger partial charge is 0.0167 e. The Kier molecular flexibility index (Phi) is 2.73. The summed E-state index contributed by atoms with van der Waals surface area (Å²) in [7, 11) is 0. The van der Waals surface area contributed by atoms with Crippen molar-refractivity contribution in [3.63, 3.8) is 0 Å². The van der Waals surface area contributed by atoms with Gasteiger partial charge in [-0.3, -0.25) is 0 Å². The van der Waals surface area contributed by atoms with Crippen LogP contribution in [0.3, 0.4) is 0 Å². The number of hydrogen-bond donors (Lipinski definition) is 1. The average molecular weight is 179 g/mol. The normalized spacial score (nSPS) is 35.5. The first-order valence-corrected chi connectivity index (χ1v) is 5.66. The van der Waals surface area contributed by atoms with Gasteiger partial charge in [0.2, 0.25) is 0 Å². The van der Waals surface area contributed by atoms with Crippen molar-refractivity contribution in [3.05, 3.63) is 11.1 Å². The third-order valence-electron chi connectivity index (χ3n) is 3.44. The Morgan fingerprint density at radius 2 is 1.77 bits per heavy atom. The van der Waals surface area contributed by atoms with Gasteiger partial charge in [0, 0.05) is 6.54 Å². The first kappa shape index (κ1) is 9.26. The molecule has 13 heavy (non-hydrogen) atoms. The van der Waals surface area contributed by atoms with Crippen LogP contribution in [0.5, 0.6) is 0 Å². The van der Waals surface area contributed by atoms with E-state index >= 15 is 0 Å². The molecule has 1 aliphatic carbocycles. The van der Waals surface area contributed by atoms with Crippen molar-refractivity contribution in [1.29, 1.82) is 0 Å². The Bertz CT molecular complexity index is 197. The summed E-state index contributed by atoms with van der Waals surface area (Å²) in [5.74, 6) is 1.85. The van der Waals surface area contributed by atoms with Crippen LogP contribution in [0, 0.1) is 11.8 Å². The lowest BCUT2D eigenvalue weighted by Gasteiger charge is -2.27. The summed E-state index contributed by atoms with van der Waals surface area (Å²) < 4.78 is 0. The maximum absolute atomic E-state index is 3.44. The van der Waals surface area contributed by atoms with Crippen molar-refractivity contribution in [1.82, 2.24) is 5.32 Å². The minimum atomic E-state index is 0.923. The molecule has 2 aliphatic rings. The van der Waals surface area contributed by atoms with Gasteiger partial charge in [0.05, 0.1) is 0 Å². The van der Waals surface area contributed by atoms with Crippen LogP contribution in [0.2, 0.25) is 0 Å². The molecule has 0 bridgehead atoms. The lowest BCUT2D eigenvalue weighted by Crippen LogP contribution is -2.15. The fraction of sp³-hybridized carbons (Fsp3) is 0.833. The second-order valence-corrected chi connectivity index (χ2v) is 4.99. The fourth-order valence-electron chi connectivity index (χ4n) is 2.94. The summed E-state index contributed by atoms with van der Waals surface area (Å²) in [6.45, 7) is 7.19. The lowest BCUT2D eigenvalue weighted by molar-refractivity contribution is 0.356. The van der Waals surface area contributed by atoms with E-state index < -0.39 is 0 Å². The molecule has 0 aromatic carbocycles. The van der Waals surface area contributed by atoms with Crippen LogP contribution in [0.25, 0.3) is 0 Å². The van der Waals surface area contributed by atoms with Gasteiger partial charge in [0.15, 0.2) is 0 Å². The molecule has 0 spiro atoms. The van der Waals surface area contributed by atoms with E-state index in [9.17, 15) is 0 Å². The molecular formula is C12H21N. The molecule has 0 radical (unpaired) electrons. The second-order valence-electron chi connectivity index (χ2n) is 4.99. The molecule has 2 unspecified atom stereocenters. The Hall–Kier alpha value is -0.300. The second kappa shape index (κ2) is 3.83. The molecule has 1 nitrogen and oxygen atoms in total. The molecule has 0 amide bonds. The van der Waals surface area contributed by atoms with E-state index in [1.54, 1.807) is 11.1 Å². The van der Waals surface area contributed by atoms with E-state index in [0.29, 0.717) is 0 Å². The molecule has 0 aromatic rings. The van der Waals surface area contributed by atoms with Gasteiger partial charge in [-0.15, -0.1) is 0 Å². The summed E-state index contributed by atoms with van der Waals surface area (Å²) in [5.41, 5.74) is 3.52. The topological polar surface area (TPSA) is 12.0 Å². The number of rotatable bonds is 0. The molecule has 1 heteroatoms. The van der Waals surface area contributed by atoms with Gasteiger partial charge < -0.3 is 5.32 Å². The summed E-state index contributed by atoms with van der Waals surface area (Å²) >= 11 is 0. The monoisotopic (exact) mass is 179 g/mol. The summed E-state index contributed by atoms with van der Waals surface area (Å²) in [6.07, 6.45) is 5.50. The maximum Gasteiger partial charge on any atom is 0.0167 e. The quantitative estimate of drug-likeness (QED) is 0.564. The Labute approximate surface area is 81.6 Å². The highest BCUT2D eigenvalue weighted by Crippen LogP contribution is 2.35. The molecule has 1 aliphatic heterocycles. The maximum atomic E-state index is 3.44. The lowest BCUT2D eigenvalue weighted by atomic mass is 9.78. The summed E-state index contributed by atoms with van der Waals surface area (Å²) in [6, 6.07) is 0. The standard InChI is InChI=1S/C12H21N/c1-9-5-10(2)7-12(6-9)11-3-4-13-8-11/h9-10,13H,3-8H2,1-2H3. The van der Waals surface area contributed by atoms with Gasteiger partial charge in [-0.05, 0) is 44.1 Å². The predicted octanol–water partition coefficient (Wildman–Crippen LogP) is 2.73. The molecule has 1 N–H and O–H groups in total. The highest BCUT2D eigenvalue weighted by Gasteiger charge is 2.22. The molecule has 2 rings (SSSR count). The molecule has 2 atom stereocenters. The van der Waals surface area contributed by atoms with E-state index in [4.69, 9.17) is 0 Å². The molecule has 74 valence electrons. The summed E-state index contributed by atoms with van der Waals surface area (Å²) in [5, 5.41) is 3.44. The molecule has 1 saturated carbocycles. The van der Waals surface area contributed by atoms with E-state index in [2.05, 4.69) is 19.2 Å². The van der Waals surface area contributed by atoms with Crippen molar-refractivity contribution in [3.8, 4) is 0 Å². The van der Waals surface area contributed by atoms with Crippen LogP contribution in [0.1, 0.15) is 39.5 Å². The number of allylic oxidation sites excluding steroid dienone is 1. The zero-order chi connectivity index (χ0) is 9.26. The van der Waals surface area contributed by atoms with Gasteiger partial charge >= 0.3 is 0 Å². The minimum absolute atomic E-state index is 0.923. The van der Waals surface area contributed by atoms with Gasteiger partial charge in [-0.25, -0.2) is 0 Å². The molecule has 2 fully saturated rings. The molecule has 0 aromatic heterocycles. The van der Waals surface area contributed by atoms with Crippen LogP contribution in [0.4, 0.5) is 0 Å². The van der Waals surface area contributed by atoms with Crippen LogP contribution < -0.4 is 5.32 Å². The van der Waals surface area contributed by atoms with Gasteiger partial charge in [-0.1, -0.05) is 25.0 Å². The largest absolute Gasteiger partial charge is 0.313 e. The van der Waals surface area contributed by atoms with Crippen molar-refractivity contribution < 1.29 is 0 Å². The molecule has 1 saturated heterocycles. The Balaban J connectivity index is 2.09. The predicted molar refractivity (Wildman–Crippen MR) is 56.7 cm³/mol. The number of nitrogens with one attached hydrogen (secondary N) is 1. The fourth-order valence-corrected chi connectivity index (χ4v) is 2.94. The van der Waals surface area contributed by atoms with Gasteiger partial charge in [-0.2, -0.15) is 0 Å². The molecular weight excluding hydrogens is 158 g/mol. The first-order chi connectivity index (χ1) is 6.25. The zero-order valence-electron chi connectivity index (χ0n) is 8.90. The van der Waals surface area contributed by atoms with Gasteiger partial charge in [0.25, 0.3) is 0 Å². The third-order valence-corrected chi connectivity index (χ3v) is 3.44. The van der Waals surface area contributed by atoms with E-state index in [-0.39, 0.29) is 0 Å². The Morgan fingerprint density at radius 1 is 1.08 bits per heavy atom. The van der Waals surface area contributed by atoms with Crippen molar-refractivity contribution >= 4 is 0 Å². The van der Waals surface area contributed by atoms with Crippen LogP contribution in [-0.4, -0.2) is 13.1 Å². The van der Waals surface area contributed by atoms with Crippen LogP contribution in [-0.2, 0) is 0 Å². The highest BCUT2D eigenvalue weighted by molar-refractivity contribution is 5.21. The van der Waals surface area contributed by atoms with Crippen LogP contribution in [0.15, 0.2) is 11.1 Å². The Morgan fingerprint density at radius 3 is 2.31 bits per heavy atom. The van der Waals surface area contributed by atoms with Crippen molar-refractivity contribution in [2.75, 3.05) is 13.1 Å². The highest BCUT2D eigenvalue weighted by atomic mass is 14.9. The van der Waals surface area contributed by atoms with E-state index in [1.165, 1.54) is 38.8 Å². The van der Waals surface area contributed by atoms with E-state index in [0.717, 1.165) is 11.8 Å². The van der Waals surface area contributed by atoms with Gasteiger partial charge in [0.1, 0.15) is 0 Å². The minimum Gasteiger partial charge on any atom is -0.313 e. The summed E-state index contributed by atoms with van der Waals surface area (Å²) in [4.78, 5) is 0. The third kappa shape index (κ3) is 2.14. The van der Waals surface area contributed by atoms with E-state index in [1.807, 2.05) is 0 Å². The van der Waals surface area contributed by atoms with Crippen molar-refractivity contribution in [2.24, 2.45) is 11.8 Å². The average Bonchev–Trinajstić information content (AvgIpc) is 2.53. The SMILES string of the molecule is CC1CC(=C2CCNC2)CC(C)C1. The molecule has 1 heterocycles. The van der Waals surface area contributed by atoms with Crippen molar-refractivity contribution in [2.45, 2.75) is 39.5 Å². The first-order valence-electron chi connectivity index (χ1n) is 5.66.